The number of aromatic nitrogens is 2. The van der Waals surface area contributed by atoms with E-state index in [2.05, 4.69) is 111 Å². The molecule has 0 radical (unpaired) electrons. The summed E-state index contributed by atoms with van der Waals surface area (Å²) < 4.78 is 27.9. The molecule has 3 heteroatoms. The Morgan fingerprint density at radius 1 is 0.707 bits per heavy atom. The lowest BCUT2D eigenvalue weighted by Gasteiger charge is -2.22. The molecule has 2 nitrogen and oxygen atoms in total. The maximum absolute atomic E-state index is 7.71. The van der Waals surface area contributed by atoms with Gasteiger partial charge in [0.1, 0.15) is 5.82 Å². The van der Waals surface area contributed by atoms with E-state index in [1.807, 2.05) is 12.1 Å². The molecule has 202 valence electrons. The first kappa shape index (κ1) is 22.5. The van der Waals surface area contributed by atoms with Crippen molar-refractivity contribution < 1.29 is 4.11 Å². The molecule has 2 aromatic heterocycles. The van der Waals surface area contributed by atoms with Gasteiger partial charge in [-0.1, -0.05) is 112 Å². The highest BCUT2D eigenvalue weighted by molar-refractivity contribution is 7.26. The number of fused-ring (bicyclic) bond motifs is 4. The fourth-order valence-corrected chi connectivity index (χ4v) is 7.27. The Bertz CT molecular complexity index is 2140. The second-order valence-electron chi connectivity index (χ2n) is 11.4. The molecule has 0 aliphatic carbocycles. The molecule has 0 N–H and O–H groups in total. The van der Waals surface area contributed by atoms with Crippen LogP contribution in [0.15, 0.2) is 103 Å². The number of thiophene rings is 1. The van der Waals surface area contributed by atoms with E-state index in [0.717, 1.165) is 33.5 Å². The lowest BCUT2D eigenvalue weighted by atomic mass is 9.92. The van der Waals surface area contributed by atoms with Crippen LogP contribution in [0, 0.1) is 6.85 Å². The van der Waals surface area contributed by atoms with Gasteiger partial charge in [-0.15, -0.1) is 11.3 Å². The molecule has 5 aromatic carbocycles. The number of hydrogen-bond acceptors (Lipinski definition) is 2. The fraction of sp³-hybridized carbons (Fsp3) is 0.184. The molecule has 0 bridgehead atoms. The van der Waals surface area contributed by atoms with Crippen molar-refractivity contribution in [2.75, 3.05) is 0 Å². The lowest BCUT2D eigenvalue weighted by molar-refractivity contribution is 0.811. The van der Waals surface area contributed by atoms with E-state index in [-0.39, 0.29) is 0 Å². The number of rotatable bonds is 5. The third-order valence-corrected chi connectivity index (χ3v) is 9.29. The lowest BCUT2D eigenvalue weighted by Crippen LogP contribution is -2.08. The predicted molar refractivity (Wildman–Crippen MR) is 178 cm³/mol. The van der Waals surface area contributed by atoms with Crippen molar-refractivity contribution >= 4 is 42.5 Å². The Morgan fingerprint density at radius 2 is 1.41 bits per heavy atom. The van der Waals surface area contributed by atoms with Crippen LogP contribution in [-0.2, 0) is 0 Å². The summed E-state index contributed by atoms with van der Waals surface area (Å²) in [4.78, 5) is 5.30. The largest absolute Gasteiger partial charge is 0.292 e. The molecular formula is C38H34N2S. The van der Waals surface area contributed by atoms with Gasteiger partial charge in [-0.2, -0.15) is 0 Å². The number of para-hydroxylation sites is 3. The quantitative estimate of drug-likeness (QED) is 0.207. The maximum Gasteiger partial charge on any atom is 0.147 e. The van der Waals surface area contributed by atoms with Crippen LogP contribution in [0.5, 0.6) is 0 Å². The molecule has 0 spiro atoms. The number of hydrogen-bond donors (Lipinski definition) is 0. The van der Waals surface area contributed by atoms with Crippen LogP contribution in [0.25, 0.3) is 59.4 Å². The maximum atomic E-state index is 7.71. The number of benzene rings is 5. The molecule has 0 aliphatic heterocycles. The Balaban J connectivity index is 1.46. The first-order valence-electron chi connectivity index (χ1n) is 15.8. The van der Waals surface area contributed by atoms with Gasteiger partial charge in [-0.3, -0.25) is 4.57 Å². The van der Waals surface area contributed by atoms with Gasteiger partial charge in [0.25, 0.3) is 0 Å². The highest BCUT2D eigenvalue weighted by Gasteiger charge is 2.23. The summed E-state index contributed by atoms with van der Waals surface area (Å²) in [6, 6.07) is 35.5. The van der Waals surface area contributed by atoms with E-state index < -0.39 is 6.85 Å². The molecule has 41 heavy (non-hydrogen) atoms. The van der Waals surface area contributed by atoms with Gasteiger partial charge in [-0.05, 0) is 65.2 Å². The highest BCUT2D eigenvalue weighted by Crippen LogP contribution is 2.43. The molecular weight excluding hydrogens is 516 g/mol. The van der Waals surface area contributed by atoms with Gasteiger partial charge in [0.15, 0.2) is 0 Å². The van der Waals surface area contributed by atoms with Gasteiger partial charge in [0.2, 0.25) is 0 Å². The minimum atomic E-state index is -2.10. The van der Waals surface area contributed by atoms with Crippen molar-refractivity contribution in [3.05, 3.63) is 120 Å². The smallest absolute Gasteiger partial charge is 0.147 e. The molecule has 7 aromatic rings. The molecule has 0 unspecified atom stereocenters. The molecule has 0 amide bonds. The first-order chi connectivity index (χ1) is 21.1. The third kappa shape index (κ3) is 4.27. The summed E-state index contributed by atoms with van der Waals surface area (Å²) in [5.41, 5.74) is 9.52. The summed E-state index contributed by atoms with van der Waals surface area (Å²) in [5.74, 6) is 1.66. The van der Waals surface area contributed by atoms with Gasteiger partial charge in [0.05, 0.1) is 16.7 Å². The van der Waals surface area contributed by atoms with E-state index in [0.29, 0.717) is 17.4 Å². The van der Waals surface area contributed by atoms with Crippen molar-refractivity contribution in [1.82, 2.24) is 9.55 Å². The van der Waals surface area contributed by atoms with Crippen LogP contribution in [0.1, 0.15) is 60.3 Å². The zero-order chi connectivity index (χ0) is 30.7. The van der Waals surface area contributed by atoms with E-state index in [4.69, 9.17) is 9.10 Å². The van der Waals surface area contributed by atoms with Crippen LogP contribution in [0.2, 0.25) is 0 Å². The van der Waals surface area contributed by atoms with E-state index >= 15 is 0 Å². The van der Waals surface area contributed by atoms with Gasteiger partial charge in [0, 0.05) is 29.8 Å². The average Bonchev–Trinajstić information content (AvgIpc) is 3.58. The normalized spacial score (nSPS) is 13.4. The zero-order valence-electron chi connectivity index (χ0n) is 26.8. The molecule has 0 aliphatic rings. The Hall–Kier alpha value is -4.21. The van der Waals surface area contributed by atoms with E-state index in [9.17, 15) is 0 Å². The molecule has 0 fully saturated rings. The third-order valence-electron chi connectivity index (χ3n) is 8.08. The summed E-state index contributed by atoms with van der Waals surface area (Å²) in [6.07, 6.45) is 0. The van der Waals surface area contributed by atoms with Crippen LogP contribution in [-0.4, -0.2) is 9.55 Å². The van der Waals surface area contributed by atoms with Crippen molar-refractivity contribution in [3.63, 3.8) is 0 Å². The van der Waals surface area contributed by atoms with E-state index in [1.165, 1.54) is 37.0 Å². The minimum Gasteiger partial charge on any atom is -0.292 e. The fourth-order valence-electron chi connectivity index (χ4n) is 6.02. The van der Waals surface area contributed by atoms with E-state index in [1.54, 1.807) is 23.5 Å². The Labute approximate surface area is 250 Å². The van der Waals surface area contributed by atoms with Crippen molar-refractivity contribution in [3.8, 4) is 28.2 Å². The summed E-state index contributed by atoms with van der Waals surface area (Å²) >= 11 is 1.79. The van der Waals surface area contributed by atoms with Crippen LogP contribution < -0.4 is 0 Å². The summed E-state index contributed by atoms with van der Waals surface area (Å²) in [6.45, 7) is 6.96. The van der Waals surface area contributed by atoms with Crippen molar-refractivity contribution in [2.24, 2.45) is 0 Å². The monoisotopic (exact) mass is 553 g/mol. The number of aryl methyl sites for hydroxylation is 1. The summed E-state index contributed by atoms with van der Waals surface area (Å²) in [7, 11) is 0. The van der Waals surface area contributed by atoms with Gasteiger partial charge < -0.3 is 0 Å². The van der Waals surface area contributed by atoms with Gasteiger partial charge in [-0.25, -0.2) is 4.98 Å². The standard InChI is InChI=1S/C38H34N2S/c1-23(2)28-10-8-11-29(24(3)4)36(28)40-34-15-7-6-14-33(34)39-38(40)32-13-9-12-31-30-21-20-27(22-35(30)41-37(31)32)26-18-16-25(5)17-19-26/h6-24H,1-5H3/i5D3. The van der Waals surface area contributed by atoms with Crippen LogP contribution >= 0.6 is 11.3 Å². The number of nitrogens with zero attached hydrogens (tertiary/aromatic N) is 2. The molecule has 0 saturated heterocycles. The Kier molecular flexibility index (Phi) is 5.49. The van der Waals surface area contributed by atoms with Crippen LogP contribution in [0.4, 0.5) is 0 Å². The van der Waals surface area contributed by atoms with Crippen LogP contribution in [0.3, 0.4) is 0 Å². The average molecular weight is 554 g/mol. The molecule has 7 rings (SSSR count). The van der Waals surface area contributed by atoms with Crippen molar-refractivity contribution in [2.45, 2.75) is 46.4 Å². The second kappa shape index (κ2) is 10.0. The SMILES string of the molecule is [2H]C([2H])([2H])c1ccc(-c2ccc3c(c2)sc2c(-c4nc5ccccc5n4-c4c(C(C)C)cccc4C(C)C)cccc23)cc1. The minimum absolute atomic E-state index is 0.352. The molecule has 0 atom stereocenters. The number of imidazole rings is 1. The van der Waals surface area contributed by atoms with Crippen molar-refractivity contribution in [1.29, 1.82) is 0 Å². The Morgan fingerprint density at radius 3 is 2.15 bits per heavy atom. The van der Waals surface area contributed by atoms with Gasteiger partial charge >= 0.3 is 0 Å². The highest BCUT2D eigenvalue weighted by atomic mass is 32.1. The zero-order valence-corrected chi connectivity index (χ0v) is 24.6. The summed E-state index contributed by atoms with van der Waals surface area (Å²) in [5, 5.41) is 2.43. The first-order valence-corrected chi connectivity index (χ1v) is 15.1. The topological polar surface area (TPSA) is 17.8 Å². The second-order valence-corrected chi connectivity index (χ2v) is 12.5. The predicted octanol–water partition coefficient (Wildman–Crippen LogP) is 11.3. The molecule has 2 heterocycles. The molecule has 0 saturated carbocycles.